The molecule has 0 aliphatic carbocycles. The highest BCUT2D eigenvalue weighted by Crippen LogP contribution is 2.18. The Bertz CT molecular complexity index is 408. The predicted octanol–water partition coefficient (Wildman–Crippen LogP) is 2.16. The van der Waals surface area contributed by atoms with Gasteiger partial charge in [0.25, 0.3) is 0 Å². The molecule has 1 aliphatic rings. The standard InChI is InChI=1S/C14H19F2NO2/c15-10-3-4-13(16)12(8-10)14(18)9-17-6-5-11-2-1-7-19-11/h3-4,8,11,14,17-18H,1-2,5-7,9H2. The Morgan fingerprint density at radius 3 is 3.00 bits per heavy atom. The molecule has 0 aromatic heterocycles. The summed E-state index contributed by atoms with van der Waals surface area (Å²) in [7, 11) is 0. The summed E-state index contributed by atoms with van der Waals surface area (Å²) in [6, 6.07) is 3.10. The van der Waals surface area contributed by atoms with Gasteiger partial charge >= 0.3 is 0 Å². The summed E-state index contributed by atoms with van der Waals surface area (Å²) in [5.74, 6) is -1.13. The van der Waals surface area contributed by atoms with Gasteiger partial charge in [-0.1, -0.05) is 0 Å². The van der Waals surface area contributed by atoms with Gasteiger partial charge in [-0.15, -0.1) is 0 Å². The second-order valence-electron chi connectivity index (χ2n) is 4.81. The van der Waals surface area contributed by atoms with E-state index in [2.05, 4.69) is 5.32 Å². The minimum absolute atomic E-state index is 0.00961. The van der Waals surface area contributed by atoms with E-state index in [9.17, 15) is 13.9 Å². The Morgan fingerprint density at radius 1 is 1.42 bits per heavy atom. The van der Waals surface area contributed by atoms with Crippen LogP contribution in [0.1, 0.15) is 30.9 Å². The van der Waals surface area contributed by atoms with Crippen LogP contribution in [0.25, 0.3) is 0 Å². The topological polar surface area (TPSA) is 41.5 Å². The second kappa shape index (κ2) is 6.93. The van der Waals surface area contributed by atoms with Gasteiger partial charge in [0.1, 0.15) is 11.6 Å². The van der Waals surface area contributed by atoms with Crippen LogP contribution in [-0.2, 0) is 4.74 Å². The molecule has 2 unspecified atom stereocenters. The van der Waals surface area contributed by atoms with Crippen molar-refractivity contribution in [2.75, 3.05) is 19.7 Å². The Hall–Kier alpha value is -1.04. The average Bonchev–Trinajstić information content (AvgIpc) is 2.90. The van der Waals surface area contributed by atoms with Gasteiger partial charge in [0.05, 0.1) is 12.2 Å². The van der Waals surface area contributed by atoms with Crippen molar-refractivity contribution in [3.05, 3.63) is 35.4 Å². The number of aliphatic hydroxyl groups excluding tert-OH is 1. The number of hydrogen-bond donors (Lipinski definition) is 2. The molecule has 0 amide bonds. The fourth-order valence-corrected chi connectivity index (χ4v) is 2.25. The van der Waals surface area contributed by atoms with E-state index in [0.717, 1.165) is 44.1 Å². The molecule has 1 saturated heterocycles. The highest BCUT2D eigenvalue weighted by atomic mass is 19.1. The SMILES string of the molecule is OC(CNCCC1CCCO1)c1cc(F)ccc1F. The van der Waals surface area contributed by atoms with Crippen LogP contribution in [0.3, 0.4) is 0 Å². The van der Waals surface area contributed by atoms with Crippen molar-refractivity contribution in [2.45, 2.75) is 31.5 Å². The summed E-state index contributed by atoms with van der Waals surface area (Å²) in [6.07, 6.45) is 2.29. The fraction of sp³-hybridized carbons (Fsp3) is 0.571. The largest absolute Gasteiger partial charge is 0.387 e. The smallest absolute Gasteiger partial charge is 0.129 e. The highest BCUT2D eigenvalue weighted by molar-refractivity contribution is 5.21. The lowest BCUT2D eigenvalue weighted by atomic mass is 10.1. The minimum Gasteiger partial charge on any atom is -0.387 e. The molecule has 1 aliphatic heterocycles. The van der Waals surface area contributed by atoms with Crippen LogP contribution >= 0.6 is 0 Å². The molecule has 2 N–H and O–H groups in total. The predicted molar refractivity (Wildman–Crippen MR) is 67.8 cm³/mol. The molecule has 1 fully saturated rings. The van der Waals surface area contributed by atoms with Crippen LogP contribution < -0.4 is 5.32 Å². The first-order valence-corrected chi connectivity index (χ1v) is 6.62. The van der Waals surface area contributed by atoms with Crippen molar-refractivity contribution >= 4 is 0 Å². The molecule has 0 bridgehead atoms. The van der Waals surface area contributed by atoms with Crippen LogP contribution in [0.15, 0.2) is 18.2 Å². The molecule has 19 heavy (non-hydrogen) atoms. The number of ether oxygens (including phenoxy) is 1. The van der Waals surface area contributed by atoms with Crippen molar-refractivity contribution in [2.24, 2.45) is 0 Å². The molecular weight excluding hydrogens is 252 g/mol. The first kappa shape index (κ1) is 14.4. The van der Waals surface area contributed by atoms with E-state index in [0.29, 0.717) is 6.54 Å². The fourth-order valence-electron chi connectivity index (χ4n) is 2.25. The summed E-state index contributed by atoms with van der Waals surface area (Å²) in [5, 5.41) is 12.9. The third-order valence-electron chi connectivity index (χ3n) is 3.32. The van der Waals surface area contributed by atoms with E-state index >= 15 is 0 Å². The molecule has 2 atom stereocenters. The zero-order valence-corrected chi connectivity index (χ0v) is 10.7. The molecule has 0 radical (unpaired) electrons. The average molecular weight is 271 g/mol. The van der Waals surface area contributed by atoms with Crippen molar-refractivity contribution < 1.29 is 18.6 Å². The van der Waals surface area contributed by atoms with Gasteiger partial charge in [0.15, 0.2) is 0 Å². The molecular formula is C14H19F2NO2. The lowest BCUT2D eigenvalue weighted by Gasteiger charge is -2.14. The summed E-state index contributed by atoms with van der Waals surface area (Å²) in [5.41, 5.74) is -0.00961. The van der Waals surface area contributed by atoms with E-state index in [1.807, 2.05) is 0 Å². The quantitative estimate of drug-likeness (QED) is 0.779. The molecule has 0 saturated carbocycles. The van der Waals surface area contributed by atoms with Crippen LogP contribution in [0.2, 0.25) is 0 Å². The molecule has 5 heteroatoms. The molecule has 106 valence electrons. The molecule has 2 rings (SSSR count). The van der Waals surface area contributed by atoms with Crippen LogP contribution in [0, 0.1) is 11.6 Å². The van der Waals surface area contributed by atoms with Crippen LogP contribution in [-0.4, -0.2) is 30.9 Å². The van der Waals surface area contributed by atoms with E-state index < -0.39 is 17.7 Å². The summed E-state index contributed by atoms with van der Waals surface area (Å²) in [4.78, 5) is 0. The third-order valence-corrected chi connectivity index (χ3v) is 3.32. The lowest BCUT2D eigenvalue weighted by molar-refractivity contribution is 0.102. The van der Waals surface area contributed by atoms with Crippen molar-refractivity contribution in [1.82, 2.24) is 5.32 Å². The Labute approximate surface area is 111 Å². The van der Waals surface area contributed by atoms with Gasteiger partial charge in [0.2, 0.25) is 0 Å². The van der Waals surface area contributed by atoms with Gasteiger partial charge < -0.3 is 15.2 Å². The van der Waals surface area contributed by atoms with E-state index in [1.54, 1.807) is 0 Å². The Morgan fingerprint density at radius 2 is 2.26 bits per heavy atom. The molecule has 1 aromatic carbocycles. The van der Waals surface area contributed by atoms with Gasteiger partial charge in [-0.2, -0.15) is 0 Å². The van der Waals surface area contributed by atoms with Gasteiger partial charge in [0, 0.05) is 18.7 Å². The minimum atomic E-state index is -1.04. The molecule has 1 aromatic rings. The number of aliphatic hydroxyl groups is 1. The van der Waals surface area contributed by atoms with Gasteiger partial charge in [-0.05, 0) is 44.0 Å². The van der Waals surface area contributed by atoms with Crippen molar-refractivity contribution in [3.63, 3.8) is 0 Å². The van der Waals surface area contributed by atoms with Crippen molar-refractivity contribution in [3.8, 4) is 0 Å². The van der Waals surface area contributed by atoms with Gasteiger partial charge in [-0.25, -0.2) is 8.78 Å². The number of hydrogen-bond acceptors (Lipinski definition) is 3. The monoisotopic (exact) mass is 271 g/mol. The number of benzene rings is 1. The van der Waals surface area contributed by atoms with E-state index in [1.165, 1.54) is 0 Å². The van der Waals surface area contributed by atoms with E-state index in [-0.39, 0.29) is 18.2 Å². The second-order valence-corrected chi connectivity index (χ2v) is 4.81. The van der Waals surface area contributed by atoms with E-state index in [4.69, 9.17) is 4.74 Å². The number of nitrogens with one attached hydrogen (secondary N) is 1. The summed E-state index contributed by atoms with van der Waals surface area (Å²) in [6.45, 7) is 1.72. The highest BCUT2D eigenvalue weighted by Gasteiger charge is 2.16. The van der Waals surface area contributed by atoms with Crippen LogP contribution in [0.4, 0.5) is 8.78 Å². The lowest BCUT2D eigenvalue weighted by Crippen LogP contribution is -2.25. The van der Waals surface area contributed by atoms with Gasteiger partial charge in [-0.3, -0.25) is 0 Å². The number of rotatable bonds is 6. The van der Waals surface area contributed by atoms with Crippen molar-refractivity contribution in [1.29, 1.82) is 0 Å². The summed E-state index contributed by atoms with van der Waals surface area (Å²) >= 11 is 0. The maximum Gasteiger partial charge on any atom is 0.129 e. The Balaban J connectivity index is 1.74. The summed E-state index contributed by atoms with van der Waals surface area (Å²) < 4.78 is 31.9. The number of halogens is 2. The zero-order valence-electron chi connectivity index (χ0n) is 10.7. The molecule has 3 nitrogen and oxygen atoms in total. The first-order valence-electron chi connectivity index (χ1n) is 6.62. The molecule has 0 spiro atoms. The maximum atomic E-state index is 13.4. The van der Waals surface area contributed by atoms with Crippen LogP contribution in [0.5, 0.6) is 0 Å². The molecule has 1 heterocycles. The zero-order chi connectivity index (χ0) is 13.7. The first-order chi connectivity index (χ1) is 9.16. The maximum absolute atomic E-state index is 13.4. The normalized spacial score (nSPS) is 20.7. The Kier molecular flexibility index (Phi) is 5.24. The third kappa shape index (κ3) is 4.23.